The Morgan fingerprint density at radius 2 is 1.68 bits per heavy atom. The fourth-order valence-corrected chi connectivity index (χ4v) is 3.03. The van der Waals surface area contributed by atoms with Gasteiger partial charge in [0.1, 0.15) is 0 Å². The van der Waals surface area contributed by atoms with Crippen LogP contribution in [0.15, 0.2) is 0 Å². The van der Waals surface area contributed by atoms with Crippen LogP contribution in [0.5, 0.6) is 0 Å². The number of hydrogen-bond donors (Lipinski definition) is 1. The fraction of sp³-hybridized carbons (Fsp3) is 0.889. The van der Waals surface area contributed by atoms with E-state index in [9.17, 15) is 9.59 Å². The predicted octanol–water partition coefficient (Wildman–Crippen LogP) is 3.43. The third-order valence-electron chi connectivity index (χ3n) is 4.53. The maximum atomic E-state index is 12.0. The summed E-state index contributed by atoms with van der Waals surface area (Å²) in [6.07, 6.45) is 13.3. The largest absolute Gasteiger partial charge is 0.341 e. The van der Waals surface area contributed by atoms with E-state index >= 15 is 0 Å². The minimum absolute atomic E-state index is 0.114. The topological polar surface area (TPSA) is 63.4 Å². The van der Waals surface area contributed by atoms with Gasteiger partial charge in [-0.1, -0.05) is 58.3 Å². The SMILES string of the molecule is CCCCCCCCCCCC(=O)C(N)CN1CCCC1=O. The molecule has 1 unspecified atom stereocenters. The van der Waals surface area contributed by atoms with Crippen LogP contribution in [0, 0.1) is 0 Å². The summed E-state index contributed by atoms with van der Waals surface area (Å²) in [6, 6.07) is -0.490. The molecular formula is C18H34N2O2. The summed E-state index contributed by atoms with van der Waals surface area (Å²) in [5.74, 6) is 0.258. The van der Waals surface area contributed by atoms with Gasteiger partial charge in [0.05, 0.1) is 6.04 Å². The van der Waals surface area contributed by atoms with E-state index in [4.69, 9.17) is 5.73 Å². The molecule has 1 heterocycles. The van der Waals surface area contributed by atoms with E-state index < -0.39 is 6.04 Å². The van der Waals surface area contributed by atoms with Crippen LogP contribution in [0.25, 0.3) is 0 Å². The molecule has 2 N–H and O–H groups in total. The van der Waals surface area contributed by atoms with Crippen molar-refractivity contribution in [1.29, 1.82) is 0 Å². The van der Waals surface area contributed by atoms with Crippen molar-refractivity contribution in [3.63, 3.8) is 0 Å². The quantitative estimate of drug-likeness (QED) is 0.530. The molecule has 1 atom stereocenters. The molecule has 0 aromatic carbocycles. The fourth-order valence-electron chi connectivity index (χ4n) is 3.03. The average molecular weight is 310 g/mol. The van der Waals surface area contributed by atoms with Crippen molar-refractivity contribution in [1.82, 2.24) is 4.90 Å². The zero-order valence-electron chi connectivity index (χ0n) is 14.3. The lowest BCUT2D eigenvalue weighted by atomic mass is 10.0. The molecular weight excluding hydrogens is 276 g/mol. The lowest BCUT2D eigenvalue weighted by molar-refractivity contribution is -0.128. The van der Waals surface area contributed by atoms with Crippen LogP contribution in [-0.4, -0.2) is 35.7 Å². The molecule has 0 radical (unpaired) electrons. The Morgan fingerprint density at radius 3 is 2.23 bits per heavy atom. The van der Waals surface area contributed by atoms with Crippen LogP contribution in [0.2, 0.25) is 0 Å². The summed E-state index contributed by atoms with van der Waals surface area (Å²) in [6.45, 7) is 3.41. The molecule has 1 fully saturated rings. The molecule has 1 aliphatic rings. The number of nitrogens with zero attached hydrogens (tertiary/aromatic N) is 1. The molecule has 1 saturated heterocycles. The zero-order chi connectivity index (χ0) is 16.2. The van der Waals surface area contributed by atoms with Gasteiger partial charge in [-0.25, -0.2) is 0 Å². The standard InChI is InChI=1S/C18H34N2O2/c1-2-3-4-5-6-7-8-9-10-12-17(21)16(19)15-20-14-11-13-18(20)22/h16H,2-15,19H2,1H3. The number of likely N-dealkylation sites (tertiary alicyclic amines) is 1. The lowest BCUT2D eigenvalue weighted by Gasteiger charge is -2.19. The highest BCUT2D eigenvalue weighted by Gasteiger charge is 2.24. The van der Waals surface area contributed by atoms with Crippen LogP contribution in [0.3, 0.4) is 0 Å². The second-order valence-electron chi connectivity index (χ2n) is 6.59. The Bertz CT molecular complexity index is 331. The first-order valence-electron chi connectivity index (χ1n) is 9.21. The average Bonchev–Trinajstić information content (AvgIpc) is 2.90. The molecule has 0 spiro atoms. The van der Waals surface area contributed by atoms with Crippen molar-refractivity contribution < 1.29 is 9.59 Å². The maximum absolute atomic E-state index is 12.0. The second kappa shape index (κ2) is 11.6. The van der Waals surface area contributed by atoms with Crippen LogP contribution >= 0.6 is 0 Å². The lowest BCUT2D eigenvalue weighted by Crippen LogP contribution is -2.43. The van der Waals surface area contributed by atoms with E-state index in [0.29, 0.717) is 19.4 Å². The molecule has 1 rings (SSSR count). The van der Waals surface area contributed by atoms with Crippen molar-refractivity contribution in [2.45, 2.75) is 90.0 Å². The van der Waals surface area contributed by atoms with Crippen molar-refractivity contribution in [3.8, 4) is 0 Å². The van der Waals surface area contributed by atoms with E-state index in [-0.39, 0.29) is 11.7 Å². The van der Waals surface area contributed by atoms with Crippen molar-refractivity contribution >= 4 is 11.7 Å². The number of amides is 1. The summed E-state index contributed by atoms with van der Waals surface area (Å²) in [7, 11) is 0. The van der Waals surface area contributed by atoms with Gasteiger partial charge in [-0.15, -0.1) is 0 Å². The van der Waals surface area contributed by atoms with Gasteiger partial charge in [-0.3, -0.25) is 9.59 Å². The molecule has 1 amide bonds. The van der Waals surface area contributed by atoms with Gasteiger partial charge in [0, 0.05) is 25.9 Å². The molecule has 0 saturated carbocycles. The molecule has 0 aromatic heterocycles. The van der Waals surface area contributed by atoms with E-state index in [0.717, 1.165) is 25.8 Å². The molecule has 128 valence electrons. The summed E-state index contributed by atoms with van der Waals surface area (Å²) in [4.78, 5) is 25.2. The summed E-state index contributed by atoms with van der Waals surface area (Å²) < 4.78 is 0. The number of Topliss-reactive ketones (excluding diaryl/α,β-unsaturated/α-hetero) is 1. The van der Waals surface area contributed by atoms with Crippen molar-refractivity contribution in [2.75, 3.05) is 13.1 Å². The second-order valence-corrected chi connectivity index (χ2v) is 6.59. The molecule has 0 aliphatic carbocycles. The third kappa shape index (κ3) is 7.92. The Kier molecular flexibility index (Phi) is 10.1. The normalized spacial score (nSPS) is 16.3. The molecule has 0 aromatic rings. The van der Waals surface area contributed by atoms with Crippen molar-refractivity contribution in [3.05, 3.63) is 0 Å². The molecule has 22 heavy (non-hydrogen) atoms. The number of nitrogens with two attached hydrogens (primary N) is 1. The first-order valence-corrected chi connectivity index (χ1v) is 9.21. The third-order valence-corrected chi connectivity index (χ3v) is 4.53. The zero-order valence-corrected chi connectivity index (χ0v) is 14.3. The predicted molar refractivity (Wildman–Crippen MR) is 90.6 cm³/mol. The smallest absolute Gasteiger partial charge is 0.222 e. The summed E-state index contributed by atoms with van der Waals surface area (Å²) >= 11 is 0. The first kappa shape index (κ1) is 19.1. The number of carbonyl (C=O) groups excluding carboxylic acids is 2. The minimum atomic E-state index is -0.490. The van der Waals surface area contributed by atoms with E-state index in [1.165, 1.54) is 44.9 Å². The summed E-state index contributed by atoms with van der Waals surface area (Å²) in [5, 5.41) is 0. The number of ketones is 1. The number of rotatable bonds is 13. The van der Waals surface area contributed by atoms with Gasteiger partial charge in [0.15, 0.2) is 5.78 Å². The number of hydrogen-bond acceptors (Lipinski definition) is 3. The van der Waals surface area contributed by atoms with Gasteiger partial charge in [-0.2, -0.15) is 0 Å². The number of unbranched alkanes of at least 4 members (excludes halogenated alkanes) is 8. The molecule has 1 aliphatic heterocycles. The van der Waals surface area contributed by atoms with E-state index in [1.807, 2.05) is 0 Å². The molecule has 4 nitrogen and oxygen atoms in total. The van der Waals surface area contributed by atoms with Crippen LogP contribution in [-0.2, 0) is 9.59 Å². The molecule has 0 bridgehead atoms. The highest BCUT2D eigenvalue weighted by atomic mass is 16.2. The first-order chi connectivity index (χ1) is 10.6. The van der Waals surface area contributed by atoms with Gasteiger partial charge in [-0.05, 0) is 12.8 Å². The van der Waals surface area contributed by atoms with Gasteiger partial charge in [0.25, 0.3) is 0 Å². The van der Waals surface area contributed by atoms with Gasteiger partial charge >= 0.3 is 0 Å². The van der Waals surface area contributed by atoms with Crippen LogP contribution in [0.4, 0.5) is 0 Å². The Morgan fingerprint density at radius 1 is 1.09 bits per heavy atom. The van der Waals surface area contributed by atoms with E-state index in [1.54, 1.807) is 4.90 Å². The highest BCUT2D eigenvalue weighted by molar-refractivity contribution is 5.85. The Balaban J connectivity index is 1.97. The van der Waals surface area contributed by atoms with Crippen LogP contribution in [0.1, 0.15) is 84.0 Å². The maximum Gasteiger partial charge on any atom is 0.222 e. The van der Waals surface area contributed by atoms with E-state index in [2.05, 4.69) is 6.92 Å². The Labute approximate surface area is 135 Å². The summed E-state index contributed by atoms with van der Waals surface area (Å²) in [5.41, 5.74) is 5.92. The number of carbonyl (C=O) groups is 2. The van der Waals surface area contributed by atoms with Gasteiger partial charge in [0.2, 0.25) is 5.91 Å². The minimum Gasteiger partial charge on any atom is -0.341 e. The monoisotopic (exact) mass is 310 g/mol. The van der Waals surface area contributed by atoms with Gasteiger partial charge < -0.3 is 10.6 Å². The Hall–Kier alpha value is -0.900. The molecule has 4 heteroatoms. The highest BCUT2D eigenvalue weighted by Crippen LogP contribution is 2.12. The van der Waals surface area contributed by atoms with Crippen molar-refractivity contribution in [2.24, 2.45) is 5.73 Å². The van der Waals surface area contributed by atoms with Crippen LogP contribution < -0.4 is 5.73 Å².